The Balaban J connectivity index is 2.07. The molecule has 2 heterocycles. The summed E-state index contributed by atoms with van der Waals surface area (Å²) in [5.74, 6) is -1.00. The van der Waals surface area contributed by atoms with Gasteiger partial charge in [0.2, 0.25) is 0 Å². The molecule has 0 radical (unpaired) electrons. The van der Waals surface area contributed by atoms with Gasteiger partial charge in [-0.05, 0) is 41.5 Å². The molecular formula is C19H36NO9P. The molecule has 2 rings (SSSR count). The number of phosphoric ester groups is 1. The number of hydrogen-bond donors (Lipinski definition) is 2. The van der Waals surface area contributed by atoms with E-state index in [0.717, 1.165) is 0 Å². The third kappa shape index (κ3) is 6.71. The van der Waals surface area contributed by atoms with Crippen molar-refractivity contribution in [1.82, 2.24) is 0 Å². The third-order valence-electron chi connectivity index (χ3n) is 5.00. The number of rotatable bonds is 10. The highest BCUT2D eigenvalue weighted by molar-refractivity contribution is 7.48. The van der Waals surface area contributed by atoms with Crippen LogP contribution in [0.15, 0.2) is 0 Å². The molecule has 0 aromatic carbocycles. The summed E-state index contributed by atoms with van der Waals surface area (Å²) in [6.07, 6.45) is -2.52. The highest BCUT2D eigenvalue weighted by Crippen LogP contribution is 2.50. The van der Waals surface area contributed by atoms with E-state index in [0.29, 0.717) is 12.8 Å². The molecule has 11 heteroatoms. The Morgan fingerprint density at radius 1 is 1.20 bits per heavy atom. The second-order valence-electron chi connectivity index (χ2n) is 8.59. The average Bonchev–Trinajstić information content (AvgIpc) is 3.11. The summed E-state index contributed by atoms with van der Waals surface area (Å²) in [6.45, 7) is 11.1. The first-order valence-electron chi connectivity index (χ1n) is 10.4. The minimum atomic E-state index is -4.77. The zero-order valence-electron chi connectivity index (χ0n) is 18.6. The molecule has 30 heavy (non-hydrogen) atoms. The van der Waals surface area contributed by atoms with Crippen molar-refractivity contribution in [3.05, 3.63) is 0 Å². The van der Waals surface area contributed by atoms with Gasteiger partial charge in [-0.2, -0.15) is 0 Å². The standard InChI is InChI=1S/C19H36NO9P/c1-11(2)24-10-19(9-20)16(8-14(6)27-19)28-30(22,23)29-18(21)17-15(25-12(3)4)7-13(5)26-17/h11-17H,7-10,20H2,1-6H3,(H,22,23). The lowest BCUT2D eigenvalue weighted by molar-refractivity contribution is -0.156. The smallest absolute Gasteiger partial charge is 0.376 e. The van der Waals surface area contributed by atoms with Crippen molar-refractivity contribution in [2.45, 2.75) is 103 Å². The van der Waals surface area contributed by atoms with Crippen molar-refractivity contribution in [3.8, 4) is 0 Å². The summed E-state index contributed by atoms with van der Waals surface area (Å²) >= 11 is 0. The summed E-state index contributed by atoms with van der Waals surface area (Å²) in [7, 11) is -4.77. The van der Waals surface area contributed by atoms with Crippen LogP contribution in [0.5, 0.6) is 0 Å². The van der Waals surface area contributed by atoms with Gasteiger partial charge in [-0.15, -0.1) is 0 Å². The van der Waals surface area contributed by atoms with E-state index in [9.17, 15) is 14.3 Å². The normalized spacial score (nSPS) is 36.4. The molecule has 0 bridgehead atoms. The Morgan fingerprint density at radius 3 is 2.43 bits per heavy atom. The van der Waals surface area contributed by atoms with E-state index in [4.69, 9.17) is 33.7 Å². The molecule has 7 atom stereocenters. The molecule has 0 aromatic heterocycles. The number of ether oxygens (including phenoxy) is 4. The Labute approximate surface area is 178 Å². The molecule has 2 aliphatic heterocycles. The topological polar surface area (TPSA) is 136 Å². The molecule has 0 spiro atoms. The van der Waals surface area contributed by atoms with Crippen LogP contribution in [0.3, 0.4) is 0 Å². The van der Waals surface area contributed by atoms with Gasteiger partial charge in [0, 0.05) is 19.4 Å². The summed E-state index contributed by atoms with van der Waals surface area (Å²) in [6, 6.07) is 0. The zero-order valence-corrected chi connectivity index (χ0v) is 19.5. The Morgan fingerprint density at radius 2 is 1.87 bits per heavy atom. The predicted octanol–water partition coefficient (Wildman–Crippen LogP) is 1.92. The van der Waals surface area contributed by atoms with E-state index in [1.165, 1.54) is 0 Å². The van der Waals surface area contributed by atoms with Crippen molar-refractivity contribution < 1.29 is 42.2 Å². The molecule has 0 saturated carbocycles. The van der Waals surface area contributed by atoms with Gasteiger partial charge in [-0.1, -0.05) is 0 Å². The van der Waals surface area contributed by atoms with Gasteiger partial charge in [0.05, 0.1) is 37.1 Å². The number of hydrogen-bond acceptors (Lipinski definition) is 9. The van der Waals surface area contributed by atoms with Gasteiger partial charge in [0.1, 0.15) is 11.7 Å². The Bertz CT molecular complexity index is 631. The predicted molar refractivity (Wildman–Crippen MR) is 108 cm³/mol. The van der Waals surface area contributed by atoms with Crippen LogP contribution in [-0.4, -0.2) is 72.3 Å². The van der Waals surface area contributed by atoms with Crippen LogP contribution in [-0.2, 0) is 37.4 Å². The minimum absolute atomic E-state index is 0.0101. The van der Waals surface area contributed by atoms with Gasteiger partial charge in [0.15, 0.2) is 6.10 Å². The number of nitrogens with two attached hydrogens (primary N) is 1. The van der Waals surface area contributed by atoms with Crippen LogP contribution < -0.4 is 5.73 Å². The molecular weight excluding hydrogens is 417 g/mol. The van der Waals surface area contributed by atoms with Crippen LogP contribution in [0, 0.1) is 0 Å². The zero-order chi connectivity index (χ0) is 22.7. The Hall–Kier alpha value is -0.580. The van der Waals surface area contributed by atoms with Gasteiger partial charge in [-0.25, -0.2) is 9.36 Å². The largest absolute Gasteiger partial charge is 0.530 e. The molecule has 7 unspecified atom stereocenters. The molecule has 0 aliphatic carbocycles. The van der Waals surface area contributed by atoms with Crippen LogP contribution in [0.4, 0.5) is 0 Å². The van der Waals surface area contributed by atoms with Gasteiger partial charge in [0.25, 0.3) is 0 Å². The fraction of sp³-hybridized carbons (Fsp3) is 0.947. The summed E-state index contributed by atoms with van der Waals surface area (Å²) in [5, 5.41) is 0. The lowest BCUT2D eigenvalue weighted by Gasteiger charge is -2.34. The van der Waals surface area contributed by atoms with E-state index in [2.05, 4.69) is 0 Å². The maximum absolute atomic E-state index is 12.7. The van der Waals surface area contributed by atoms with Crippen molar-refractivity contribution in [1.29, 1.82) is 0 Å². The highest BCUT2D eigenvalue weighted by Gasteiger charge is 2.52. The van der Waals surface area contributed by atoms with Crippen LogP contribution >= 0.6 is 7.82 Å². The molecule has 0 amide bonds. The maximum Gasteiger partial charge on any atom is 0.530 e. The van der Waals surface area contributed by atoms with Crippen molar-refractivity contribution in [2.75, 3.05) is 13.2 Å². The van der Waals surface area contributed by atoms with E-state index >= 15 is 0 Å². The van der Waals surface area contributed by atoms with Gasteiger partial charge < -0.3 is 29.2 Å². The lowest BCUT2D eigenvalue weighted by Crippen LogP contribution is -2.51. The maximum atomic E-state index is 12.7. The first-order valence-corrected chi connectivity index (χ1v) is 11.9. The highest BCUT2D eigenvalue weighted by atomic mass is 31.2. The first kappa shape index (κ1) is 25.7. The second kappa shape index (κ2) is 10.4. The minimum Gasteiger partial charge on any atom is -0.376 e. The van der Waals surface area contributed by atoms with Crippen LogP contribution in [0.25, 0.3) is 0 Å². The monoisotopic (exact) mass is 453 g/mol. The summed E-state index contributed by atoms with van der Waals surface area (Å²) in [4.78, 5) is 22.9. The molecule has 10 nitrogen and oxygen atoms in total. The van der Waals surface area contributed by atoms with Crippen molar-refractivity contribution in [2.24, 2.45) is 5.73 Å². The number of carbonyl (C=O) groups is 1. The molecule has 3 N–H and O–H groups in total. The quantitative estimate of drug-likeness (QED) is 0.472. The second-order valence-corrected chi connectivity index (χ2v) is 9.92. The van der Waals surface area contributed by atoms with E-state index in [1.807, 2.05) is 27.7 Å². The van der Waals surface area contributed by atoms with E-state index < -0.39 is 37.7 Å². The third-order valence-corrected chi connectivity index (χ3v) is 5.93. The van der Waals surface area contributed by atoms with Crippen molar-refractivity contribution >= 4 is 13.8 Å². The fourth-order valence-corrected chi connectivity index (χ4v) is 4.70. The SMILES string of the molecule is CC(C)OCC1(CN)OC(C)CC1OP(=O)(O)OC(=O)C1OC(C)CC1OC(C)C. The molecule has 2 aliphatic rings. The van der Waals surface area contributed by atoms with Gasteiger partial charge >= 0.3 is 13.8 Å². The molecule has 0 aromatic rings. The summed E-state index contributed by atoms with van der Waals surface area (Å²) < 4.78 is 45.6. The van der Waals surface area contributed by atoms with Crippen LogP contribution in [0.2, 0.25) is 0 Å². The van der Waals surface area contributed by atoms with Crippen molar-refractivity contribution in [3.63, 3.8) is 0 Å². The molecule has 2 saturated heterocycles. The lowest BCUT2D eigenvalue weighted by atomic mass is 9.97. The Kier molecular flexibility index (Phi) is 8.87. The van der Waals surface area contributed by atoms with Crippen LogP contribution in [0.1, 0.15) is 54.4 Å². The average molecular weight is 453 g/mol. The first-order chi connectivity index (χ1) is 13.9. The number of phosphoric acid groups is 1. The number of carbonyl (C=O) groups excluding carboxylic acids is 1. The molecule has 176 valence electrons. The fourth-order valence-electron chi connectivity index (χ4n) is 3.73. The molecule has 2 fully saturated rings. The summed E-state index contributed by atoms with van der Waals surface area (Å²) in [5.41, 5.74) is 4.79. The van der Waals surface area contributed by atoms with E-state index in [1.54, 1.807) is 13.8 Å². The van der Waals surface area contributed by atoms with Gasteiger partial charge in [-0.3, -0.25) is 9.42 Å². The van der Waals surface area contributed by atoms with E-state index in [-0.39, 0.29) is 37.6 Å².